The average molecular weight is 438 g/mol. The zero-order valence-electron chi connectivity index (χ0n) is 15.8. The lowest BCUT2D eigenvalue weighted by molar-refractivity contribution is -0.141. The molecule has 6 nitrogen and oxygen atoms in total. The van der Waals surface area contributed by atoms with Gasteiger partial charge in [-0.25, -0.2) is 4.39 Å². The van der Waals surface area contributed by atoms with E-state index in [-0.39, 0.29) is 10.8 Å². The summed E-state index contributed by atoms with van der Waals surface area (Å²) < 4.78 is 53.4. The number of benzene rings is 1. The Hall–Kier alpha value is -2.53. The average Bonchev–Trinajstić information content (AvgIpc) is 3.11. The minimum Gasteiger partial charge on any atom is -0.296 e. The van der Waals surface area contributed by atoms with Crippen LogP contribution in [0.15, 0.2) is 46.6 Å². The lowest BCUT2D eigenvalue weighted by Crippen LogP contribution is -2.30. The van der Waals surface area contributed by atoms with Crippen LogP contribution in [0.1, 0.15) is 30.8 Å². The van der Waals surface area contributed by atoms with E-state index in [0.717, 1.165) is 43.8 Å². The number of hydrogen-bond donors (Lipinski definition) is 0. The highest BCUT2D eigenvalue weighted by molar-refractivity contribution is 7.99. The van der Waals surface area contributed by atoms with Gasteiger partial charge in [-0.1, -0.05) is 6.42 Å². The summed E-state index contributed by atoms with van der Waals surface area (Å²) in [6.07, 6.45) is -1.11. The second-order valence-corrected chi connectivity index (χ2v) is 7.89. The Morgan fingerprint density at radius 2 is 1.60 bits per heavy atom. The van der Waals surface area contributed by atoms with Gasteiger partial charge in [0.05, 0.1) is 6.54 Å². The molecule has 4 rings (SSSR count). The summed E-state index contributed by atoms with van der Waals surface area (Å²) in [6, 6.07) is 8.03. The topological polar surface area (TPSA) is 59.7 Å². The van der Waals surface area contributed by atoms with Crippen LogP contribution in [-0.2, 0) is 12.7 Å². The van der Waals surface area contributed by atoms with Crippen LogP contribution in [-0.4, -0.2) is 43.0 Å². The Labute approximate surface area is 174 Å². The summed E-state index contributed by atoms with van der Waals surface area (Å²) in [5.41, 5.74) is -0.395. The Bertz CT molecular complexity index is 982. The molecule has 0 bridgehead atoms. The highest BCUT2D eigenvalue weighted by atomic mass is 32.2. The third-order valence-electron chi connectivity index (χ3n) is 4.73. The first-order valence-corrected chi connectivity index (χ1v) is 10.2. The van der Waals surface area contributed by atoms with Crippen LogP contribution < -0.4 is 0 Å². The predicted octanol–water partition coefficient (Wildman–Crippen LogP) is 4.35. The van der Waals surface area contributed by atoms with Crippen molar-refractivity contribution < 1.29 is 17.6 Å². The smallest absolute Gasteiger partial charge is 0.296 e. The van der Waals surface area contributed by atoms with Crippen LogP contribution in [0.2, 0.25) is 0 Å². The summed E-state index contributed by atoms with van der Waals surface area (Å²) in [5.74, 6) is 0.304. The number of alkyl halides is 3. The molecular formula is C19H18F4N6S. The largest absolute Gasteiger partial charge is 0.435 e. The lowest BCUT2D eigenvalue weighted by Gasteiger charge is -2.26. The van der Waals surface area contributed by atoms with Crippen molar-refractivity contribution in [1.82, 2.24) is 29.9 Å². The SMILES string of the molecule is Fc1ccc(-n2c(CN3CCCCC3)nnc2Sc2ccc(C(F)(F)F)nn2)cc1. The fourth-order valence-corrected chi connectivity index (χ4v) is 4.04. The van der Waals surface area contributed by atoms with E-state index in [1.165, 1.54) is 24.6 Å². The van der Waals surface area contributed by atoms with Crippen molar-refractivity contribution in [3.8, 4) is 5.69 Å². The highest BCUT2D eigenvalue weighted by Crippen LogP contribution is 2.31. The molecule has 0 spiro atoms. The van der Waals surface area contributed by atoms with Crippen molar-refractivity contribution in [3.05, 3.63) is 53.7 Å². The van der Waals surface area contributed by atoms with Gasteiger partial charge >= 0.3 is 6.18 Å². The van der Waals surface area contributed by atoms with Gasteiger partial charge in [-0.2, -0.15) is 13.2 Å². The van der Waals surface area contributed by atoms with Gasteiger partial charge in [0.15, 0.2) is 11.5 Å². The van der Waals surface area contributed by atoms with Gasteiger partial charge in [0, 0.05) is 5.69 Å². The van der Waals surface area contributed by atoms with E-state index in [9.17, 15) is 17.6 Å². The Morgan fingerprint density at radius 3 is 2.23 bits per heavy atom. The van der Waals surface area contributed by atoms with Crippen LogP contribution in [0.3, 0.4) is 0 Å². The van der Waals surface area contributed by atoms with Gasteiger partial charge in [0.2, 0.25) is 5.16 Å². The highest BCUT2D eigenvalue weighted by Gasteiger charge is 2.33. The molecule has 1 saturated heterocycles. The van der Waals surface area contributed by atoms with E-state index in [2.05, 4.69) is 25.3 Å². The minimum absolute atomic E-state index is 0.253. The van der Waals surface area contributed by atoms with Crippen molar-refractivity contribution in [2.45, 2.75) is 42.2 Å². The van der Waals surface area contributed by atoms with Crippen molar-refractivity contribution in [2.24, 2.45) is 0 Å². The first-order chi connectivity index (χ1) is 14.4. The molecule has 0 aliphatic carbocycles. The molecule has 2 aromatic heterocycles. The molecule has 11 heteroatoms. The van der Waals surface area contributed by atoms with Crippen LogP contribution in [0.5, 0.6) is 0 Å². The zero-order chi connectivity index (χ0) is 21.1. The minimum atomic E-state index is -4.55. The summed E-state index contributed by atoms with van der Waals surface area (Å²) in [4.78, 5) is 2.28. The molecule has 158 valence electrons. The number of aromatic nitrogens is 5. The standard InChI is InChI=1S/C19H18F4N6S/c20-13-4-6-14(7-5-13)29-16(12-28-10-2-1-3-11-28)25-27-18(29)30-17-9-8-15(24-26-17)19(21,22)23/h4-9H,1-3,10-12H2. The first-order valence-electron chi connectivity index (χ1n) is 9.41. The van der Waals surface area contributed by atoms with Crippen LogP contribution in [0.4, 0.5) is 17.6 Å². The Morgan fingerprint density at radius 1 is 0.867 bits per heavy atom. The van der Waals surface area contributed by atoms with E-state index in [0.29, 0.717) is 23.2 Å². The second kappa shape index (κ2) is 8.68. The second-order valence-electron chi connectivity index (χ2n) is 6.90. The molecule has 0 radical (unpaired) electrons. The summed E-state index contributed by atoms with van der Waals surface area (Å²) in [6.45, 7) is 2.50. The third kappa shape index (κ3) is 4.78. The van der Waals surface area contributed by atoms with E-state index >= 15 is 0 Å². The monoisotopic (exact) mass is 438 g/mol. The molecule has 0 N–H and O–H groups in total. The van der Waals surface area contributed by atoms with Gasteiger partial charge in [0.1, 0.15) is 10.8 Å². The van der Waals surface area contributed by atoms with Gasteiger partial charge < -0.3 is 0 Å². The third-order valence-corrected chi connectivity index (χ3v) is 5.60. The van der Waals surface area contributed by atoms with Gasteiger partial charge in [0.25, 0.3) is 0 Å². The summed E-state index contributed by atoms with van der Waals surface area (Å²) in [5, 5.41) is 16.1. The quantitative estimate of drug-likeness (QED) is 0.552. The van der Waals surface area contributed by atoms with Crippen molar-refractivity contribution in [3.63, 3.8) is 0 Å². The molecule has 0 atom stereocenters. The maximum Gasteiger partial charge on any atom is 0.435 e. The van der Waals surface area contributed by atoms with E-state index < -0.39 is 11.9 Å². The van der Waals surface area contributed by atoms with E-state index in [1.807, 2.05) is 0 Å². The van der Waals surface area contributed by atoms with E-state index in [1.54, 1.807) is 16.7 Å². The summed E-state index contributed by atoms with van der Waals surface area (Å²) >= 11 is 1.05. The zero-order valence-corrected chi connectivity index (χ0v) is 16.6. The molecular weight excluding hydrogens is 420 g/mol. The number of piperidine rings is 1. The molecule has 30 heavy (non-hydrogen) atoms. The maximum atomic E-state index is 13.4. The van der Waals surface area contributed by atoms with Gasteiger partial charge in [-0.05, 0) is 74.1 Å². The van der Waals surface area contributed by atoms with Crippen LogP contribution in [0, 0.1) is 5.82 Å². The molecule has 1 aliphatic heterocycles. The molecule has 0 saturated carbocycles. The fraction of sp³-hybridized carbons (Fsp3) is 0.368. The lowest BCUT2D eigenvalue weighted by atomic mass is 10.1. The molecule has 0 amide bonds. The number of hydrogen-bond acceptors (Lipinski definition) is 6. The number of halogens is 4. The Balaban J connectivity index is 1.64. The number of nitrogens with zero attached hydrogens (tertiary/aromatic N) is 6. The van der Waals surface area contributed by atoms with Crippen molar-refractivity contribution in [2.75, 3.05) is 13.1 Å². The van der Waals surface area contributed by atoms with Crippen LogP contribution in [0.25, 0.3) is 5.69 Å². The normalized spacial score (nSPS) is 15.5. The van der Waals surface area contributed by atoms with Gasteiger partial charge in [-0.3, -0.25) is 9.47 Å². The number of rotatable bonds is 5. The first kappa shape index (κ1) is 20.7. The Kier molecular flexibility index (Phi) is 6.00. The van der Waals surface area contributed by atoms with E-state index in [4.69, 9.17) is 0 Å². The molecule has 1 fully saturated rings. The molecule has 3 heterocycles. The van der Waals surface area contributed by atoms with Crippen LogP contribution >= 0.6 is 11.8 Å². The molecule has 0 unspecified atom stereocenters. The maximum absolute atomic E-state index is 13.4. The molecule has 1 aromatic carbocycles. The molecule has 1 aliphatic rings. The van der Waals surface area contributed by atoms with Gasteiger partial charge in [-0.15, -0.1) is 20.4 Å². The fourth-order valence-electron chi connectivity index (χ4n) is 3.26. The summed E-state index contributed by atoms with van der Waals surface area (Å²) in [7, 11) is 0. The van der Waals surface area contributed by atoms with Crippen molar-refractivity contribution in [1.29, 1.82) is 0 Å². The predicted molar refractivity (Wildman–Crippen MR) is 102 cm³/mol. The number of likely N-dealkylation sites (tertiary alicyclic amines) is 1. The molecule has 3 aromatic rings. The van der Waals surface area contributed by atoms with Crippen molar-refractivity contribution >= 4 is 11.8 Å².